The van der Waals surface area contributed by atoms with Crippen LogP contribution in [0, 0.1) is 0 Å². The van der Waals surface area contributed by atoms with Gasteiger partial charge in [-0.3, -0.25) is 5.26 Å². The third-order valence-corrected chi connectivity index (χ3v) is 6.33. The van der Waals surface area contributed by atoms with E-state index in [0.717, 1.165) is 35.1 Å². The van der Waals surface area contributed by atoms with Crippen molar-refractivity contribution in [2.45, 2.75) is 85.5 Å². The SMILES string of the molecule is CCC(C)(C)c1cc(\C(C)=C/C=C/C(C)=C/COO)c(OCC(F)F)c(C(C)(C)CC)c1. The van der Waals surface area contributed by atoms with Crippen molar-refractivity contribution in [2.75, 3.05) is 13.2 Å². The summed E-state index contributed by atoms with van der Waals surface area (Å²) >= 11 is 0. The molecule has 0 unspecified atom stereocenters. The Morgan fingerprint density at radius 3 is 2.22 bits per heavy atom. The van der Waals surface area contributed by atoms with E-state index in [0.29, 0.717) is 5.75 Å². The number of alkyl halides is 2. The summed E-state index contributed by atoms with van der Waals surface area (Å²) in [6, 6.07) is 4.23. The minimum Gasteiger partial charge on any atom is -0.487 e. The van der Waals surface area contributed by atoms with E-state index in [1.165, 1.54) is 5.56 Å². The fourth-order valence-electron chi connectivity index (χ4n) is 3.18. The molecule has 1 aromatic carbocycles. The first kappa shape index (κ1) is 28.1. The lowest BCUT2D eigenvalue weighted by Gasteiger charge is -2.32. The van der Waals surface area contributed by atoms with Crippen LogP contribution in [0.25, 0.3) is 5.57 Å². The van der Waals surface area contributed by atoms with Crippen molar-refractivity contribution in [3.05, 3.63) is 58.7 Å². The van der Waals surface area contributed by atoms with Gasteiger partial charge in [-0.15, -0.1) is 0 Å². The van der Waals surface area contributed by atoms with Gasteiger partial charge in [0.25, 0.3) is 6.43 Å². The predicted molar refractivity (Wildman–Crippen MR) is 130 cm³/mol. The van der Waals surface area contributed by atoms with Crippen LogP contribution in [-0.4, -0.2) is 24.9 Å². The van der Waals surface area contributed by atoms with Gasteiger partial charge in [-0.25, -0.2) is 13.7 Å². The first-order valence-corrected chi connectivity index (χ1v) is 11.3. The first-order valence-electron chi connectivity index (χ1n) is 11.3. The Labute approximate surface area is 192 Å². The van der Waals surface area contributed by atoms with Gasteiger partial charge in [-0.2, -0.15) is 0 Å². The van der Waals surface area contributed by atoms with Crippen molar-refractivity contribution in [1.82, 2.24) is 0 Å². The maximum Gasteiger partial charge on any atom is 0.272 e. The fourth-order valence-corrected chi connectivity index (χ4v) is 3.18. The van der Waals surface area contributed by atoms with E-state index in [9.17, 15) is 8.78 Å². The van der Waals surface area contributed by atoms with Crippen molar-refractivity contribution in [1.29, 1.82) is 0 Å². The molecule has 0 aliphatic rings. The van der Waals surface area contributed by atoms with E-state index < -0.39 is 13.0 Å². The molecule has 0 atom stereocenters. The van der Waals surface area contributed by atoms with Gasteiger partial charge in [0.1, 0.15) is 19.0 Å². The Morgan fingerprint density at radius 2 is 1.69 bits per heavy atom. The summed E-state index contributed by atoms with van der Waals surface area (Å²) in [7, 11) is 0. The number of halogens is 2. The smallest absolute Gasteiger partial charge is 0.272 e. The lowest BCUT2D eigenvalue weighted by molar-refractivity contribution is -0.232. The first-order chi connectivity index (χ1) is 14.9. The second-order valence-electron chi connectivity index (χ2n) is 9.53. The maximum absolute atomic E-state index is 13.1. The van der Waals surface area contributed by atoms with E-state index in [2.05, 4.69) is 58.6 Å². The number of benzene rings is 1. The van der Waals surface area contributed by atoms with Crippen LogP contribution in [0.1, 0.15) is 84.9 Å². The molecule has 0 radical (unpaired) electrons. The summed E-state index contributed by atoms with van der Waals surface area (Å²) in [6.07, 6.45) is 6.77. The summed E-state index contributed by atoms with van der Waals surface area (Å²) in [4.78, 5) is 4.08. The monoisotopic (exact) mass is 450 g/mol. The molecule has 1 N–H and O–H groups in total. The van der Waals surface area contributed by atoms with E-state index in [1.54, 1.807) is 6.08 Å². The van der Waals surface area contributed by atoms with Gasteiger partial charge < -0.3 is 4.74 Å². The summed E-state index contributed by atoms with van der Waals surface area (Å²) in [5.74, 6) is 0.538. The topological polar surface area (TPSA) is 38.7 Å². The Kier molecular flexibility index (Phi) is 10.8. The quantitative estimate of drug-likeness (QED) is 0.199. The fraction of sp³-hybridized carbons (Fsp3) is 0.556. The van der Waals surface area contributed by atoms with Gasteiger partial charge in [0.05, 0.1) is 0 Å². The van der Waals surface area contributed by atoms with Crippen LogP contribution in [0.2, 0.25) is 0 Å². The summed E-state index contributed by atoms with van der Waals surface area (Å²) in [5.41, 5.74) is 4.54. The number of ether oxygens (including phenoxy) is 1. The van der Waals surface area contributed by atoms with Gasteiger partial charge in [0.15, 0.2) is 0 Å². The summed E-state index contributed by atoms with van der Waals surface area (Å²) in [6.45, 7) is 16.3. The number of rotatable bonds is 12. The van der Waals surface area contributed by atoms with Crippen molar-refractivity contribution >= 4 is 5.57 Å². The average Bonchev–Trinajstić information content (AvgIpc) is 2.75. The van der Waals surface area contributed by atoms with E-state index in [4.69, 9.17) is 9.99 Å². The normalized spacial score (nSPS) is 14.0. The number of allylic oxidation sites excluding steroid dienone is 5. The molecule has 0 saturated heterocycles. The zero-order valence-corrected chi connectivity index (χ0v) is 20.9. The minimum absolute atomic E-state index is 0.0612. The Balaban J connectivity index is 3.70. The van der Waals surface area contributed by atoms with Crippen molar-refractivity contribution in [3.63, 3.8) is 0 Å². The molecule has 0 aliphatic carbocycles. The molecule has 3 nitrogen and oxygen atoms in total. The van der Waals surface area contributed by atoms with Crippen molar-refractivity contribution < 1.29 is 23.7 Å². The predicted octanol–water partition coefficient (Wildman–Crippen LogP) is 8.10. The highest BCUT2D eigenvalue weighted by Crippen LogP contribution is 2.43. The van der Waals surface area contributed by atoms with Gasteiger partial charge >= 0.3 is 0 Å². The average molecular weight is 451 g/mol. The van der Waals surface area contributed by atoms with Crippen LogP contribution >= 0.6 is 0 Å². The lowest BCUT2D eigenvalue weighted by atomic mass is 9.74. The highest BCUT2D eigenvalue weighted by atomic mass is 19.3. The van der Waals surface area contributed by atoms with Gasteiger partial charge in [-0.05, 0) is 54.7 Å². The van der Waals surface area contributed by atoms with Crippen LogP contribution < -0.4 is 4.74 Å². The van der Waals surface area contributed by atoms with Crippen LogP contribution in [0.5, 0.6) is 5.75 Å². The Bertz CT molecular complexity index is 834. The minimum atomic E-state index is -2.54. The molecule has 1 aromatic rings. The molecule has 0 bridgehead atoms. The van der Waals surface area contributed by atoms with Crippen LogP contribution in [0.15, 0.2) is 42.0 Å². The standard InChI is InChI=1S/C27H40F2O3/c1-9-26(5,6)21-16-22(20(4)13-11-12-19(3)14-15-32-30)25(31-18-24(28)29)23(17-21)27(7,8)10-2/h11-14,16-17,24,30H,9-10,15,18H2,1-8H3/b12-11+,19-14+,20-13-. The number of hydrogen-bond donors (Lipinski definition) is 1. The lowest BCUT2D eigenvalue weighted by Crippen LogP contribution is -2.23. The molecule has 0 spiro atoms. The molecule has 0 amide bonds. The molecular weight excluding hydrogens is 410 g/mol. The van der Waals surface area contributed by atoms with E-state index in [-0.39, 0.29) is 17.4 Å². The second kappa shape index (κ2) is 12.3. The highest BCUT2D eigenvalue weighted by Gasteiger charge is 2.29. The maximum atomic E-state index is 13.1. The van der Waals surface area contributed by atoms with Crippen LogP contribution in [0.3, 0.4) is 0 Å². The highest BCUT2D eigenvalue weighted by molar-refractivity contribution is 5.73. The molecule has 180 valence electrons. The molecular formula is C27H40F2O3. The summed E-state index contributed by atoms with van der Waals surface area (Å²) < 4.78 is 31.9. The largest absolute Gasteiger partial charge is 0.487 e. The molecule has 0 heterocycles. The Hall–Kier alpha value is -1.98. The molecule has 0 aliphatic heterocycles. The molecule has 0 saturated carbocycles. The molecule has 0 fully saturated rings. The molecule has 5 heteroatoms. The van der Waals surface area contributed by atoms with Gasteiger partial charge in [0, 0.05) is 11.1 Å². The molecule has 32 heavy (non-hydrogen) atoms. The van der Waals surface area contributed by atoms with E-state index >= 15 is 0 Å². The third-order valence-electron chi connectivity index (χ3n) is 6.33. The van der Waals surface area contributed by atoms with Gasteiger partial charge in [-0.1, -0.05) is 77.5 Å². The zero-order valence-electron chi connectivity index (χ0n) is 20.9. The van der Waals surface area contributed by atoms with Crippen LogP contribution in [0.4, 0.5) is 8.78 Å². The van der Waals surface area contributed by atoms with Crippen LogP contribution in [-0.2, 0) is 15.7 Å². The van der Waals surface area contributed by atoms with Crippen molar-refractivity contribution in [2.24, 2.45) is 0 Å². The van der Waals surface area contributed by atoms with E-state index in [1.807, 2.05) is 32.1 Å². The summed E-state index contributed by atoms with van der Waals surface area (Å²) in [5, 5.41) is 8.47. The third kappa shape index (κ3) is 7.86. The van der Waals surface area contributed by atoms with Gasteiger partial charge in [0.2, 0.25) is 0 Å². The molecule has 0 aromatic heterocycles. The zero-order chi connectivity index (χ0) is 24.5. The van der Waals surface area contributed by atoms with Crippen molar-refractivity contribution in [3.8, 4) is 5.75 Å². The number of hydrogen-bond acceptors (Lipinski definition) is 3. The second-order valence-corrected chi connectivity index (χ2v) is 9.53. The molecule has 1 rings (SSSR count). The Morgan fingerprint density at radius 1 is 1.06 bits per heavy atom.